The maximum atomic E-state index is 13.3. The summed E-state index contributed by atoms with van der Waals surface area (Å²) in [4.78, 5) is 0.224. The third-order valence-corrected chi connectivity index (χ3v) is 6.05. The molecule has 6 heteroatoms. The van der Waals surface area contributed by atoms with Gasteiger partial charge in [0.25, 0.3) is 0 Å². The summed E-state index contributed by atoms with van der Waals surface area (Å²) in [6.45, 7) is 4.09. The van der Waals surface area contributed by atoms with Crippen LogP contribution in [0.2, 0.25) is 0 Å². The van der Waals surface area contributed by atoms with Gasteiger partial charge in [-0.1, -0.05) is 0 Å². The van der Waals surface area contributed by atoms with Gasteiger partial charge in [-0.25, -0.2) is 12.8 Å². The predicted octanol–water partition coefficient (Wildman–Crippen LogP) is 2.83. The van der Waals surface area contributed by atoms with E-state index >= 15 is 0 Å². The number of nitrogens with zero attached hydrogens (tertiary/aromatic N) is 1. The molecule has 1 fully saturated rings. The van der Waals surface area contributed by atoms with Crippen molar-refractivity contribution in [2.24, 2.45) is 0 Å². The van der Waals surface area contributed by atoms with Gasteiger partial charge in [0, 0.05) is 18.5 Å². The Hall–Kier alpha value is -0.650. The number of hydrogen-bond acceptors (Lipinski definition) is 2. The largest absolute Gasteiger partial charge is 0.243 e. The number of piperidine rings is 1. The van der Waals surface area contributed by atoms with Gasteiger partial charge >= 0.3 is 0 Å². The molecule has 0 bridgehead atoms. The van der Waals surface area contributed by atoms with Crippen molar-refractivity contribution in [2.45, 2.75) is 37.0 Å². The molecule has 0 amide bonds. The molecule has 0 aliphatic carbocycles. The summed E-state index contributed by atoms with van der Waals surface area (Å²) in [6.07, 6.45) is 1.31. The fourth-order valence-electron chi connectivity index (χ4n) is 2.50. The highest BCUT2D eigenvalue weighted by Crippen LogP contribution is 2.28. The Kier molecular flexibility index (Phi) is 4.18. The molecule has 0 atom stereocenters. The second-order valence-corrected chi connectivity index (χ2v) is 7.44. The minimum absolute atomic E-state index is 0.0434. The molecule has 1 aromatic carbocycles. The monoisotopic (exact) mass is 305 g/mol. The lowest BCUT2D eigenvalue weighted by Gasteiger charge is -2.29. The maximum absolute atomic E-state index is 13.3. The van der Waals surface area contributed by atoms with Gasteiger partial charge in [-0.3, -0.25) is 0 Å². The van der Waals surface area contributed by atoms with Crippen LogP contribution in [0.1, 0.15) is 24.0 Å². The summed E-state index contributed by atoms with van der Waals surface area (Å²) in [6, 6.07) is 2.52. The molecular formula is C13H17ClFNO2S. The summed E-state index contributed by atoms with van der Waals surface area (Å²) >= 11 is 5.99. The van der Waals surface area contributed by atoms with Crippen LogP contribution in [0, 0.1) is 19.7 Å². The Bertz CT molecular complexity index is 557. The number of rotatable bonds is 2. The van der Waals surface area contributed by atoms with E-state index in [4.69, 9.17) is 11.6 Å². The van der Waals surface area contributed by atoms with E-state index in [1.165, 1.54) is 16.4 Å². The molecule has 0 unspecified atom stereocenters. The lowest BCUT2D eigenvalue weighted by molar-refractivity contribution is 0.350. The summed E-state index contributed by atoms with van der Waals surface area (Å²) in [7, 11) is -3.56. The van der Waals surface area contributed by atoms with Gasteiger partial charge < -0.3 is 0 Å². The van der Waals surface area contributed by atoms with E-state index in [0.29, 0.717) is 37.1 Å². The van der Waals surface area contributed by atoms with Crippen LogP contribution in [0.5, 0.6) is 0 Å². The first-order valence-electron chi connectivity index (χ1n) is 6.23. The van der Waals surface area contributed by atoms with Gasteiger partial charge in [-0.15, -0.1) is 11.6 Å². The van der Waals surface area contributed by atoms with E-state index < -0.39 is 15.8 Å². The zero-order chi connectivity index (χ0) is 14.2. The number of halogens is 2. The molecule has 0 spiro atoms. The number of aryl methyl sites for hydroxylation is 2. The van der Waals surface area contributed by atoms with Crippen molar-refractivity contribution in [3.05, 3.63) is 29.1 Å². The van der Waals surface area contributed by atoms with Gasteiger partial charge in [-0.2, -0.15) is 4.31 Å². The van der Waals surface area contributed by atoms with Crippen molar-refractivity contribution in [2.75, 3.05) is 13.1 Å². The van der Waals surface area contributed by atoms with Crippen LogP contribution in [-0.2, 0) is 10.0 Å². The molecule has 1 saturated heterocycles. The topological polar surface area (TPSA) is 37.4 Å². The average Bonchev–Trinajstić information content (AvgIpc) is 2.27. The van der Waals surface area contributed by atoms with Crippen molar-refractivity contribution >= 4 is 21.6 Å². The quantitative estimate of drug-likeness (QED) is 0.788. The number of sulfonamides is 1. The number of alkyl halides is 1. The van der Waals surface area contributed by atoms with E-state index in [1.807, 2.05) is 0 Å². The van der Waals surface area contributed by atoms with Crippen molar-refractivity contribution < 1.29 is 12.8 Å². The van der Waals surface area contributed by atoms with Crippen LogP contribution in [0.4, 0.5) is 4.39 Å². The third-order valence-electron chi connectivity index (χ3n) is 3.41. The minimum Gasteiger partial charge on any atom is -0.207 e. The molecule has 1 aliphatic rings. The van der Waals surface area contributed by atoms with Gasteiger partial charge in [0.2, 0.25) is 10.0 Å². The molecule has 0 saturated carbocycles. The molecule has 0 N–H and O–H groups in total. The Balaban J connectivity index is 2.40. The molecule has 1 heterocycles. The molecule has 19 heavy (non-hydrogen) atoms. The van der Waals surface area contributed by atoms with E-state index in [2.05, 4.69) is 0 Å². The highest BCUT2D eigenvalue weighted by atomic mass is 35.5. The first-order valence-corrected chi connectivity index (χ1v) is 8.11. The molecule has 0 aromatic heterocycles. The van der Waals surface area contributed by atoms with Crippen molar-refractivity contribution in [1.82, 2.24) is 4.31 Å². The van der Waals surface area contributed by atoms with Gasteiger partial charge in [0.15, 0.2) is 0 Å². The minimum atomic E-state index is -3.56. The SMILES string of the molecule is Cc1cc(F)cc(C)c1S(=O)(=O)N1CCC(Cl)CC1. The van der Waals surface area contributed by atoms with E-state index in [1.54, 1.807) is 13.8 Å². The second-order valence-electron chi connectivity index (χ2n) is 4.95. The first-order chi connectivity index (χ1) is 8.82. The predicted molar refractivity (Wildman–Crippen MR) is 73.5 cm³/mol. The average molecular weight is 306 g/mol. The van der Waals surface area contributed by atoms with Crippen molar-refractivity contribution in [3.63, 3.8) is 0 Å². The zero-order valence-electron chi connectivity index (χ0n) is 11.0. The van der Waals surface area contributed by atoms with Crippen molar-refractivity contribution in [1.29, 1.82) is 0 Å². The Morgan fingerprint density at radius 1 is 1.21 bits per heavy atom. The fourth-order valence-corrected chi connectivity index (χ4v) is 4.57. The van der Waals surface area contributed by atoms with Crippen LogP contribution in [0.15, 0.2) is 17.0 Å². The molecule has 106 valence electrons. The lowest BCUT2D eigenvalue weighted by atomic mass is 10.1. The smallest absolute Gasteiger partial charge is 0.207 e. The van der Waals surface area contributed by atoms with Crippen LogP contribution in [0.3, 0.4) is 0 Å². The molecule has 3 nitrogen and oxygen atoms in total. The molecule has 1 aromatic rings. The zero-order valence-corrected chi connectivity index (χ0v) is 12.6. The normalized spacial score (nSPS) is 18.7. The lowest BCUT2D eigenvalue weighted by Crippen LogP contribution is -2.39. The fraction of sp³-hybridized carbons (Fsp3) is 0.538. The molecule has 1 aliphatic heterocycles. The molecule has 0 radical (unpaired) electrons. The van der Waals surface area contributed by atoms with Crippen molar-refractivity contribution in [3.8, 4) is 0 Å². The highest BCUT2D eigenvalue weighted by molar-refractivity contribution is 7.89. The summed E-state index contributed by atoms with van der Waals surface area (Å²) in [5.74, 6) is -0.409. The molecular weight excluding hydrogens is 289 g/mol. The standard InChI is InChI=1S/C13H17ClFNO2S/c1-9-7-12(15)8-10(2)13(9)19(17,18)16-5-3-11(14)4-6-16/h7-8,11H,3-6H2,1-2H3. The first kappa shape index (κ1) is 14.8. The second kappa shape index (κ2) is 5.38. The number of benzene rings is 1. The summed E-state index contributed by atoms with van der Waals surface area (Å²) in [5, 5.41) is 0.0434. The Morgan fingerprint density at radius 3 is 2.16 bits per heavy atom. The van der Waals surface area contributed by atoms with E-state index in [9.17, 15) is 12.8 Å². The van der Waals surface area contributed by atoms with Crippen LogP contribution < -0.4 is 0 Å². The van der Waals surface area contributed by atoms with Gasteiger partial charge in [0.1, 0.15) is 5.82 Å². The maximum Gasteiger partial charge on any atom is 0.243 e. The van der Waals surface area contributed by atoms with E-state index in [-0.39, 0.29) is 10.3 Å². The van der Waals surface area contributed by atoms with Crippen LogP contribution in [-0.4, -0.2) is 31.2 Å². The summed E-state index contributed by atoms with van der Waals surface area (Å²) < 4.78 is 39.9. The van der Waals surface area contributed by atoms with Gasteiger partial charge in [-0.05, 0) is 49.9 Å². The van der Waals surface area contributed by atoms with E-state index in [0.717, 1.165) is 0 Å². The Morgan fingerprint density at radius 2 is 1.68 bits per heavy atom. The molecule has 2 rings (SSSR count). The van der Waals surface area contributed by atoms with Gasteiger partial charge in [0.05, 0.1) is 4.90 Å². The Labute approximate surface area is 118 Å². The summed E-state index contributed by atoms with van der Waals surface area (Å²) in [5.41, 5.74) is 0.899. The number of hydrogen-bond donors (Lipinski definition) is 0. The van der Waals surface area contributed by atoms with Crippen LogP contribution >= 0.6 is 11.6 Å². The highest BCUT2D eigenvalue weighted by Gasteiger charge is 2.31. The van der Waals surface area contributed by atoms with Crippen LogP contribution in [0.25, 0.3) is 0 Å². The third kappa shape index (κ3) is 2.93.